The van der Waals surface area contributed by atoms with Crippen molar-refractivity contribution in [2.75, 3.05) is 18.5 Å². The number of ether oxygens (including phenoxy) is 2. The van der Waals surface area contributed by atoms with Gasteiger partial charge < -0.3 is 14.8 Å². The summed E-state index contributed by atoms with van der Waals surface area (Å²) in [5, 5.41) is 2.92. The molecule has 2 aromatic carbocycles. The lowest BCUT2D eigenvalue weighted by Crippen LogP contribution is -2.36. The summed E-state index contributed by atoms with van der Waals surface area (Å²) in [6.45, 7) is 4.96. The Labute approximate surface area is 187 Å². The summed E-state index contributed by atoms with van der Waals surface area (Å²) in [5.41, 5.74) is 1.44. The number of amides is 3. The quantitative estimate of drug-likeness (QED) is 0.610. The number of carbonyl (C=O) groups is 3. The summed E-state index contributed by atoms with van der Waals surface area (Å²) in [5.74, 6) is 0.446. The van der Waals surface area contributed by atoms with Crippen molar-refractivity contribution in [3.05, 3.63) is 53.6 Å². The Bertz CT molecular complexity index is 1010. The van der Waals surface area contributed by atoms with Crippen molar-refractivity contribution >= 4 is 23.4 Å². The second-order valence-corrected chi connectivity index (χ2v) is 8.19. The minimum atomic E-state index is -0.314. The van der Waals surface area contributed by atoms with E-state index in [2.05, 4.69) is 5.32 Å². The average Bonchev–Trinajstić information content (AvgIpc) is 3.39. The topological polar surface area (TPSA) is 84.9 Å². The van der Waals surface area contributed by atoms with Gasteiger partial charge in [-0.1, -0.05) is 13.8 Å². The minimum absolute atomic E-state index is 0.00242. The first-order chi connectivity index (χ1) is 15.5. The molecule has 2 aliphatic rings. The van der Waals surface area contributed by atoms with Crippen LogP contribution in [0.3, 0.4) is 0 Å². The Kier molecular flexibility index (Phi) is 6.55. The summed E-state index contributed by atoms with van der Waals surface area (Å²) >= 11 is 0. The zero-order valence-corrected chi connectivity index (χ0v) is 18.4. The van der Waals surface area contributed by atoms with Gasteiger partial charge in [0.25, 0.3) is 11.8 Å². The first kappa shape index (κ1) is 22.0. The van der Waals surface area contributed by atoms with Gasteiger partial charge in [0.1, 0.15) is 11.5 Å². The number of anilines is 1. The molecule has 1 unspecified atom stereocenters. The standard InChI is InChI=1S/C25H28N2O5/c1-3-16(4-2)23(28)26-17-7-9-18(10-8-17)32-19-11-12-21-22(14-19)25(30)27(24(21)29)15-20-6-5-13-31-20/h7-12,14,16,20H,3-6,13,15H2,1-2H3,(H,26,28). The predicted molar refractivity (Wildman–Crippen MR) is 120 cm³/mol. The van der Waals surface area contributed by atoms with Crippen LogP contribution in [0.15, 0.2) is 42.5 Å². The average molecular weight is 437 g/mol. The van der Waals surface area contributed by atoms with Crippen LogP contribution in [0.4, 0.5) is 5.69 Å². The monoisotopic (exact) mass is 436 g/mol. The van der Waals surface area contributed by atoms with Crippen molar-refractivity contribution in [1.82, 2.24) is 4.90 Å². The normalized spacial score (nSPS) is 17.7. The van der Waals surface area contributed by atoms with E-state index in [4.69, 9.17) is 9.47 Å². The number of hydrogen-bond donors (Lipinski definition) is 1. The molecule has 32 heavy (non-hydrogen) atoms. The number of benzene rings is 2. The van der Waals surface area contributed by atoms with E-state index in [9.17, 15) is 14.4 Å². The van der Waals surface area contributed by atoms with Crippen molar-refractivity contribution in [2.45, 2.75) is 45.6 Å². The van der Waals surface area contributed by atoms with E-state index >= 15 is 0 Å². The third-order valence-corrected chi connectivity index (χ3v) is 6.07. The van der Waals surface area contributed by atoms with Gasteiger partial charge in [-0.15, -0.1) is 0 Å². The molecular formula is C25H28N2O5. The third kappa shape index (κ3) is 4.53. The first-order valence-electron chi connectivity index (χ1n) is 11.2. The van der Waals surface area contributed by atoms with Crippen LogP contribution in [-0.4, -0.2) is 41.9 Å². The molecule has 1 atom stereocenters. The lowest BCUT2D eigenvalue weighted by molar-refractivity contribution is -0.120. The van der Waals surface area contributed by atoms with Crippen LogP contribution in [0.5, 0.6) is 11.5 Å². The summed E-state index contributed by atoms with van der Waals surface area (Å²) in [6.07, 6.45) is 3.32. The molecule has 0 spiro atoms. The number of imide groups is 1. The predicted octanol–water partition coefficient (Wildman–Crippen LogP) is 4.63. The molecule has 4 rings (SSSR count). The molecule has 2 aromatic rings. The van der Waals surface area contributed by atoms with E-state index < -0.39 is 0 Å². The molecule has 7 heteroatoms. The number of fused-ring (bicyclic) bond motifs is 1. The van der Waals surface area contributed by atoms with E-state index in [-0.39, 0.29) is 36.3 Å². The SMILES string of the molecule is CCC(CC)C(=O)Nc1ccc(Oc2ccc3c(c2)C(=O)N(CC2CCCO2)C3=O)cc1. The highest BCUT2D eigenvalue weighted by Crippen LogP contribution is 2.31. The van der Waals surface area contributed by atoms with E-state index in [1.54, 1.807) is 42.5 Å². The van der Waals surface area contributed by atoms with Gasteiger partial charge in [-0.25, -0.2) is 0 Å². The fourth-order valence-corrected chi connectivity index (χ4v) is 4.14. The Morgan fingerprint density at radius 1 is 1.06 bits per heavy atom. The van der Waals surface area contributed by atoms with E-state index in [0.717, 1.165) is 25.7 Å². The Balaban J connectivity index is 1.42. The Hall–Kier alpha value is -3.19. The second kappa shape index (κ2) is 9.53. The zero-order valence-electron chi connectivity index (χ0n) is 18.4. The van der Waals surface area contributed by atoms with Crippen molar-refractivity contribution < 1.29 is 23.9 Å². The van der Waals surface area contributed by atoms with E-state index in [0.29, 0.717) is 34.9 Å². The maximum Gasteiger partial charge on any atom is 0.261 e. The molecule has 0 aliphatic carbocycles. The molecular weight excluding hydrogens is 408 g/mol. The molecule has 0 bridgehead atoms. The van der Waals surface area contributed by atoms with Gasteiger partial charge in [0.2, 0.25) is 5.91 Å². The summed E-state index contributed by atoms with van der Waals surface area (Å²) in [7, 11) is 0. The lowest BCUT2D eigenvalue weighted by Gasteiger charge is -2.17. The molecule has 2 heterocycles. The van der Waals surface area contributed by atoms with Gasteiger partial charge in [-0.3, -0.25) is 19.3 Å². The molecule has 168 valence electrons. The van der Waals surface area contributed by atoms with Crippen LogP contribution in [-0.2, 0) is 9.53 Å². The number of nitrogens with one attached hydrogen (secondary N) is 1. The van der Waals surface area contributed by atoms with Crippen LogP contribution in [0.1, 0.15) is 60.2 Å². The molecule has 7 nitrogen and oxygen atoms in total. The van der Waals surface area contributed by atoms with E-state index in [1.807, 2.05) is 13.8 Å². The highest BCUT2D eigenvalue weighted by molar-refractivity contribution is 6.21. The molecule has 1 saturated heterocycles. The zero-order chi connectivity index (χ0) is 22.7. The van der Waals surface area contributed by atoms with Crippen LogP contribution in [0, 0.1) is 5.92 Å². The number of nitrogens with zero attached hydrogens (tertiary/aromatic N) is 1. The van der Waals surface area contributed by atoms with Gasteiger partial charge >= 0.3 is 0 Å². The Morgan fingerprint density at radius 3 is 2.41 bits per heavy atom. The third-order valence-electron chi connectivity index (χ3n) is 6.07. The smallest absolute Gasteiger partial charge is 0.261 e. The largest absolute Gasteiger partial charge is 0.457 e. The van der Waals surface area contributed by atoms with Crippen LogP contribution in [0.2, 0.25) is 0 Å². The highest BCUT2D eigenvalue weighted by Gasteiger charge is 2.37. The summed E-state index contributed by atoms with van der Waals surface area (Å²) in [6, 6.07) is 12.0. The van der Waals surface area contributed by atoms with Gasteiger partial charge in [-0.2, -0.15) is 0 Å². The van der Waals surface area contributed by atoms with Crippen molar-refractivity contribution in [2.24, 2.45) is 5.92 Å². The van der Waals surface area contributed by atoms with Gasteiger partial charge in [0, 0.05) is 18.2 Å². The summed E-state index contributed by atoms with van der Waals surface area (Å²) < 4.78 is 11.5. The van der Waals surface area contributed by atoms with Crippen molar-refractivity contribution in [3.8, 4) is 11.5 Å². The molecule has 3 amide bonds. The number of hydrogen-bond acceptors (Lipinski definition) is 5. The Morgan fingerprint density at radius 2 is 1.75 bits per heavy atom. The van der Waals surface area contributed by atoms with Crippen LogP contribution < -0.4 is 10.1 Å². The molecule has 1 fully saturated rings. The fourth-order valence-electron chi connectivity index (χ4n) is 4.14. The maximum absolute atomic E-state index is 12.8. The fraction of sp³-hybridized carbons (Fsp3) is 0.400. The minimum Gasteiger partial charge on any atom is -0.457 e. The molecule has 0 aromatic heterocycles. The van der Waals surface area contributed by atoms with Crippen LogP contribution >= 0.6 is 0 Å². The second-order valence-electron chi connectivity index (χ2n) is 8.19. The van der Waals surface area contributed by atoms with Crippen molar-refractivity contribution in [1.29, 1.82) is 0 Å². The number of rotatable bonds is 8. The van der Waals surface area contributed by atoms with Gasteiger partial charge in [0.05, 0.1) is 23.8 Å². The lowest BCUT2D eigenvalue weighted by atomic mass is 10.0. The van der Waals surface area contributed by atoms with Gasteiger partial charge in [-0.05, 0) is 68.1 Å². The van der Waals surface area contributed by atoms with Crippen LogP contribution in [0.25, 0.3) is 0 Å². The molecule has 2 aliphatic heterocycles. The first-order valence-corrected chi connectivity index (χ1v) is 11.2. The molecule has 0 radical (unpaired) electrons. The highest BCUT2D eigenvalue weighted by atomic mass is 16.5. The van der Waals surface area contributed by atoms with E-state index in [1.165, 1.54) is 4.90 Å². The van der Waals surface area contributed by atoms with Crippen molar-refractivity contribution in [3.63, 3.8) is 0 Å². The molecule has 0 saturated carbocycles. The maximum atomic E-state index is 12.8. The number of carbonyl (C=O) groups excluding carboxylic acids is 3. The summed E-state index contributed by atoms with van der Waals surface area (Å²) in [4.78, 5) is 39.0. The molecule has 1 N–H and O–H groups in total. The van der Waals surface area contributed by atoms with Gasteiger partial charge in [0.15, 0.2) is 0 Å².